The quantitative estimate of drug-likeness (QED) is 0.0337. The van der Waals surface area contributed by atoms with Crippen molar-refractivity contribution in [2.75, 3.05) is 92.3 Å². The second-order valence-corrected chi connectivity index (χ2v) is 18.3. The van der Waals surface area contributed by atoms with Crippen molar-refractivity contribution >= 4 is 74.9 Å². The number of aliphatic hydroxyl groups is 2. The van der Waals surface area contributed by atoms with Crippen LogP contribution in [0.4, 0.5) is 0 Å². The number of methoxy groups -OCH3 is 3. The van der Waals surface area contributed by atoms with Crippen LogP contribution in [0.15, 0.2) is 4.99 Å². The molecule has 4 atom stereocenters. The van der Waals surface area contributed by atoms with Crippen molar-refractivity contribution in [1.29, 1.82) is 10.7 Å². The smallest absolute Gasteiger partial charge is 0.302 e. The van der Waals surface area contributed by atoms with Crippen molar-refractivity contribution in [1.82, 2.24) is 0 Å². The van der Waals surface area contributed by atoms with Gasteiger partial charge in [-0.15, -0.1) is 35.3 Å². The Morgan fingerprint density at radius 2 is 1.09 bits per heavy atom. The van der Waals surface area contributed by atoms with Crippen LogP contribution in [0.5, 0.6) is 0 Å². The van der Waals surface area contributed by atoms with Gasteiger partial charge in [0.05, 0.1) is 44.7 Å². The number of carbonyl (C=O) groups excluding carboxylic acids is 2. The number of esters is 2. The van der Waals surface area contributed by atoms with Gasteiger partial charge in [0.15, 0.2) is 5.90 Å². The van der Waals surface area contributed by atoms with Crippen LogP contribution in [0.3, 0.4) is 0 Å². The highest BCUT2D eigenvalue weighted by Crippen LogP contribution is 2.24. The SMILES string of the molecule is BrC1CCCCO1.CCCCCN.CCCCCN=C(N)CSC1CCCCO1.CO.CO.COC(=N)CSC1CCCCO1.COC(C)=O.COC(C)=O.N#CCSC1CCCCO1. The minimum Gasteiger partial charge on any atom is -0.484 e. The van der Waals surface area contributed by atoms with Gasteiger partial charge in [0.1, 0.15) is 27.2 Å². The highest BCUT2D eigenvalue weighted by atomic mass is 79.9. The number of aliphatic imine (C=N–C) groups is 1. The Bertz CT molecular complexity index is 1050. The molecule has 0 aliphatic carbocycles. The summed E-state index contributed by atoms with van der Waals surface area (Å²) in [4.78, 5) is 23.5. The minimum absolute atomic E-state index is 0.245. The summed E-state index contributed by atoms with van der Waals surface area (Å²) in [6, 6.07) is 2.10. The largest absolute Gasteiger partial charge is 0.484 e. The molecule has 4 saturated heterocycles. The maximum Gasteiger partial charge on any atom is 0.302 e. The Balaban J connectivity index is -0.000000221. The number of amidine groups is 1. The van der Waals surface area contributed by atoms with E-state index in [1.165, 1.54) is 125 Å². The maximum absolute atomic E-state index is 9.59. The number of thioether (sulfide) groups is 3. The predicted octanol–water partition coefficient (Wildman–Crippen LogP) is 9.05. The average Bonchev–Trinajstić information content (AvgIpc) is 3.36. The average molecular weight is 1060 g/mol. The molecular formula is C45H92BrN5O11S3. The molecule has 0 amide bonds. The molecule has 7 N–H and O–H groups in total. The van der Waals surface area contributed by atoms with Crippen molar-refractivity contribution in [3.05, 3.63) is 0 Å². The van der Waals surface area contributed by atoms with E-state index in [9.17, 15) is 9.59 Å². The van der Waals surface area contributed by atoms with E-state index in [4.69, 9.17) is 56.0 Å². The van der Waals surface area contributed by atoms with E-state index in [0.717, 1.165) is 91.0 Å². The lowest BCUT2D eigenvalue weighted by Crippen LogP contribution is -2.21. The van der Waals surface area contributed by atoms with Crippen LogP contribution >= 0.6 is 51.2 Å². The van der Waals surface area contributed by atoms with Gasteiger partial charge in [0, 0.05) is 61.0 Å². The van der Waals surface area contributed by atoms with Crippen molar-refractivity contribution < 1.29 is 53.0 Å². The van der Waals surface area contributed by atoms with E-state index in [0.29, 0.717) is 33.3 Å². The first kappa shape index (κ1) is 72.6. The molecule has 4 rings (SSSR count). The number of alkyl halides is 1. The van der Waals surface area contributed by atoms with E-state index in [1.807, 2.05) is 0 Å². The molecule has 0 spiro atoms. The summed E-state index contributed by atoms with van der Waals surface area (Å²) >= 11 is 8.43. The summed E-state index contributed by atoms with van der Waals surface area (Å²) in [5.74, 6) is 2.61. The lowest BCUT2D eigenvalue weighted by atomic mass is 10.2. The molecule has 0 radical (unpaired) electrons. The zero-order chi connectivity index (χ0) is 50.2. The molecule has 65 heavy (non-hydrogen) atoms. The van der Waals surface area contributed by atoms with Gasteiger partial charge in [0.25, 0.3) is 0 Å². The summed E-state index contributed by atoms with van der Waals surface area (Å²) in [5.41, 5.74) is 12.0. The Hall–Kier alpha value is -1.38. The van der Waals surface area contributed by atoms with Gasteiger partial charge in [-0.05, 0) is 96.4 Å². The number of nitriles is 1. The molecule has 0 bridgehead atoms. The Morgan fingerprint density at radius 3 is 1.38 bits per heavy atom. The first-order valence-corrected chi connectivity index (χ1v) is 26.9. The van der Waals surface area contributed by atoms with Crippen LogP contribution in [0.1, 0.15) is 143 Å². The van der Waals surface area contributed by atoms with Crippen LogP contribution in [0, 0.1) is 16.7 Å². The number of nitrogens with two attached hydrogens (primary N) is 2. The van der Waals surface area contributed by atoms with E-state index < -0.39 is 0 Å². The van der Waals surface area contributed by atoms with Gasteiger partial charge in [-0.3, -0.25) is 20.0 Å². The molecule has 20 heteroatoms. The first-order valence-electron chi connectivity index (χ1n) is 22.8. The summed E-state index contributed by atoms with van der Waals surface area (Å²) in [5, 5.41) is 29.9. The highest BCUT2D eigenvalue weighted by Gasteiger charge is 2.16. The number of carbonyl (C=O) groups is 2. The summed E-state index contributed by atoms with van der Waals surface area (Å²) in [7, 11) is 6.23. The molecule has 0 aromatic rings. The van der Waals surface area contributed by atoms with Crippen molar-refractivity contribution in [2.45, 2.75) is 165 Å². The maximum atomic E-state index is 9.59. The molecule has 0 saturated carbocycles. The Morgan fingerprint density at radius 1 is 0.692 bits per heavy atom. The third kappa shape index (κ3) is 64.7. The van der Waals surface area contributed by atoms with E-state index in [2.05, 4.69) is 50.3 Å². The van der Waals surface area contributed by atoms with Gasteiger partial charge in [-0.1, -0.05) is 55.5 Å². The molecular weight excluding hydrogens is 963 g/mol. The topological polar surface area (TPSA) is 251 Å². The molecule has 4 aliphatic rings. The number of rotatable bonds is 15. The molecule has 4 fully saturated rings. The third-order valence-corrected chi connectivity index (χ3v) is 12.5. The molecule has 16 nitrogen and oxygen atoms in total. The Kier molecular flexibility index (Phi) is 69.9. The predicted molar refractivity (Wildman–Crippen MR) is 277 cm³/mol. The lowest BCUT2D eigenvalue weighted by Gasteiger charge is -2.21. The molecule has 4 unspecified atom stereocenters. The second kappa shape index (κ2) is 62.6. The zero-order valence-corrected chi connectivity index (χ0v) is 45.7. The van der Waals surface area contributed by atoms with Crippen molar-refractivity contribution in [2.24, 2.45) is 16.5 Å². The molecule has 0 aromatic carbocycles. The first-order chi connectivity index (χ1) is 31.4. The minimum atomic E-state index is -0.245. The fraction of sp³-hybridized carbons (Fsp3) is 0.889. The zero-order valence-electron chi connectivity index (χ0n) is 41.6. The number of hydrogen-bond acceptors (Lipinski definition) is 18. The number of nitrogens with zero attached hydrogens (tertiary/aromatic N) is 2. The van der Waals surface area contributed by atoms with Crippen LogP contribution in [-0.2, 0) is 42.7 Å². The lowest BCUT2D eigenvalue weighted by molar-refractivity contribution is -0.138. The Labute approximate surface area is 415 Å². The highest BCUT2D eigenvalue weighted by molar-refractivity contribution is 9.09. The number of hydrogen-bond donors (Lipinski definition) is 5. The standard InChI is InChI=1S/C12H24N2OS.C8H15NO2S.C7H11NOS.C5H9BrO.C5H13N.2C3H6O2.2CH4O/c1-2-3-5-8-14-11(13)10-16-12-7-4-6-9-15-12;1-10-7(9)6-12-8-4-2-3-5-11-8;8-4-6-10-7-3-1-2-5-9-7;6-5-3-1-2-4-7-5;1-2-3-4-5-6;2*1-3(4)5-2;2*1-2/h12H,2-10H2,1H3,(H2,13,14);8-9H,2-6H2,1H3;7H,1-3,5-6H2;5H,1-4H2;2-6H2,1H3;2*1-2H3;2*2H,1H3. The van der Waals surface area contributed by atoms with Crippen molar-refractivity contribution in [3.63, 3.8) is 0 Å². The number of nitrogens with one attached hydrogen (secondary N) is 1. The molecule has 388 valence electrons. The summed E-state index contributed by atoms with van der Waals surface area (Å²) < 4.78 is 34.7. The molecule has 4 aliphatic heterocycles. The van der Waals surface area contributed by atoms with E-state index in [-0.39, 0.29) is 17.4 Å². The number of halogens is 1. The van der Waals surface area contributed by atoms with Gasteiger partial charge >= 0.3 is 11.9 Å². The van der Waals surface area contributed by atoms with Crippen LogP contribution < -0.4 is 11.5 Å². The fourth-order valence-electron chi connectivity index (χ4n) is 4.79. The summed E-state index contributed by atoms with van der Waals surface area (Å²) in [6.07, 6.45) is 21.9. The van der Waals surface area contributed by atoms with Gasteiger partial charge < -0.3 is 54.8 Å². The normalized spacial score (nSPS) is 19.4. The van der Waals surface area contributed by atoms with E-state index in [1.54, 1.807) is 35.3 Å². The second-order valence-electron chi connectivity index (χ2n) is 13.9. The van der Waals surface area contributed by atoms with Gasteiger partial charge in [-0.2, -0.15) is 5.26 Å². The molecule has 0 aromatic heterocycles. The number of unbranched alkanes of at least 4 members (excludes halogenated alkanes) is 4. The monoisotopic (exact) mass is 1050 g/mol. The summed E-state index contributed by atoms with van der Waals surface area (Å²) in [6.45, 7) is 12.4. The van der Waals surface area contributed by atoms with Gasteiger partial charge in [-0.25, -0.2) is 0 Å². The third-order valence-electron chi connectivity index (χ3n) is 8.39. The number of ether oxygens (including phenoxy) is 7. The van der Waals surface area contributed by atoms with E-state index >= 15 is 0 Å². The van der Waals surface area contributed by atoms with Crippen LogP contribution in [0.2, 0.25) is 0 Å². The van der Waals surface area contributed by atoms with Crippen LogP contribution in [-0.4, -0.2) is 148 Å². The molecule has 4 heterocycles. The fourth-order valence-corrected chi connectivity index (χ4v) is 8.04. The van der Waals surface area contributed by atoms with Gasteiger partial charge in [0.2, 0.25) is 0 Å². The van der Waals surface area contributed by atoms with Crippen LogP contribution in [0.25, 0.3) is 0 Å². The number of aliphatic hydroxyl groups excluding tert-OH is 2. The van der Waals surface area contributed by atoms with Crippen molar-refractivity contribution in [3.8, 4) is 6.07 Å².